The zero-order chi connectivity index (χ0) is 18.3. The van der Waals surface area contributed by atoms with Crippen LogP contribution in [0.5, 0.6) is 0 Å². The van der Waals surface area contributed by atoms with Crippen LogP contribution in [0.25, 0.3) is 0 Å². The minimum Gasteiger partial charge on any atom is -0.480 e. The Morgan fingerprint density at radius 2 is 2.04 bits per heavy atom. The third-order valence-electron chi connectivity index (χ3n) is 6.25. The molecule has 2 saturated heterocycles. The van der Waals surface area contributed by atoms with E-state index in [2.05, 4.69) is 4.98 Å². The third kappa shape index (κ3) is 3.28. The van der Waals surface area contributed by atoms with Gasteiger partial charge in [-0.1, -0.05) is 6.07 Å². The molecule has 3 aliphatic rings. The van der Waals surface area contributed by atoms with Gasteiger partial charge >= 0.3 is 5.97 Å². The van der Waals surface area contributed by atoms with E-state index < -0.39 is 12.0 Å². The van der Waals surface area contributed by atoms with Crippen molar-refractivity contribution in [2.24, 2.45) is 11.3 Å². The Kier molecular flexibility index (Phi) is 4.34. The minimum absolute atomic E-state index is 0.0135. The summed E-state index contributed by atoms with van der Waals surface area (Å²) in [5.74, 6) is 0.236. The van der Waals surface area contributed by atoms with E-state index in [-0.39, 0.29) is 11.3 Å². The molecule has 1 unspecified atom stereocenters. The predicted octanol–water partition coefficient (Wildman–Crippen LogP) is 1.34. The SMILES string of the molecule is Nc1ncccc1CN1CC2(CCN(C(=O)C3CC3)CC2)CC1C(=O)O. The number of aliphatic carboxylic acids is 1. The number of rotatable bonds is 4. The number of nitrogen functional groups attached to an aromatic ring is 1. The van der Waals surface area contributed by atoms with Gasteiger partial charge < -0.3 is 15.7 Å². The van der Waals surface area contributed by atoms with Crippen molar-refractivity contribution >= 4 is 17.7 Å². The molecule has 3 fully saturated rings. The summed E-state index contributed by atoms with van der Waals surface area (Å²) >= 11 is 0. The van der Waals surface area contributed by atoms with Crippen molar-refractivity contribution in [2.75, 3.05) is 25.4 Å². The zero-order valence-electron chi connectivity index (χ0n) is 14.9. The number of anilines is 1. The van der Waals surface area contributed by atoms with Crippen LogP contribution in [0.3, 0.4) is 0 Å². The number of carbonyl (C=O) groups is 2. The van der Waals surface area contributed by atoms with Crippen molar-refractivity contribution in [3.05, 3.63) is 23.9 Å². The Balaban J connectivity index is 1.45. The maximum absolute atomic E-state index is 12.3. The molecule has 1 saturated carbocycles. The first-order valence-corrected chi connectivity index (χ1v) is 9.42. The number of hydrogen-bond donors (Lipinski definition) is 2. The van der Waals surface area contributed by atoms with Gasteiger partial charge in [0.1, 0.15) is 11.9 Å². The second kappa shape index (κ2) is 6.54. The van der Waals surface area contributed by atoms with Gasteiger partial charge in [0, 0.05) is 43.9 Å². The largest absolute Gasteiger partial charge is 0.480 e. The number of nitrogens with two attached hydrogens (primary N) is 1. The van der Waals surface area contributed by atoms with E-state index in [9.17, 15) is 14.7 Å². The molecule has 0 radical (unpaired) electrons. The first-order chi connectivity index (χ1) is 12.5. The molecule has 7 heteroatoms. The lowest BCUT2D eigenvalue weighted by Gasteiger charge is -2.39. The van der Waals surface area contributed by atoms with Gasteiger partial charge in [-0.2, -0.15) is 0 Å². The molecule has 1 spiro atoms. The summed E-state index contributed by atoms with van der Waals surface area (Å²) < 4.78 is 0. The summed E-state index contributed by atoms with van der Waals surface area (Å²) in [6, 6.07) is 3.23. The maximum atomic E-state index is 12.3. The topological polar surface area (TPSA) is 99.8 Å². The quantitative estimate of drug-likeness (QED) is 0.843. The van der Waals surface area contributed by atoms with Crippen LogP contribution in [0.2, 0.25) is 0 Å². The van der Waals surface area contributed by atoms with Crippen molar-refractivity contribution in [1.29, 1.82) is 0 Å². The number of carbonyl (C=O) groups excluding carboxylic acids is 1. The van der Waals surface area contributed by atoms with E-state index >= 15 is 0 Å². The van der Waals surface area contributed by atoms with Crippen LogP contribution in [0.4, 0.5) is 5.82 Å². The van der Waals surface area contributed by atoms with E-state index in [4.69, 9.17) is 5.73 Å². The smallest absolute Gasteiger partial charge is 0.320 e. The molecule has 1 aliphatic carbocycles. The van der Waals surface area contributed by atoms with Crippen molar-refractivity contribution in [1.82, 2.24) is 14.8 Å². The van der Waals surface area contributed by atoms with Crippen LogP contribution >= 0.6 is 0 Å². The molecule has 4 rings (SSSR count). The van der Waals surface area contributed by atoms with Gasteiger partial charge in [-0.05, 0) is 43.6 Å². The molecular weight excluding hydrogens is 332 g/mol. The van der Waals surface area contributed by atoms with Crippen LogP contribution in [0, 0.1) is 11.3 Å². The molecule has 140 valence electrons. The highest BCUT2D eigenvalue weighted by molar-refractivity contribution is 5.81. The molecular formula is C19H26N4O3. The summed E-state index contributed by atoms with van der Waals surface area (Å²) in [5.41, 5.74) is 6.81. The minimum atomic E-state index is -0.777. The summed E-state index contributed by atoms with van der Waals surface area (Å²) in [6.07, 6.45) is 6.12. The van der Waals surface area contributed by atoms with Gasteiger partial charge in [0.2, 0.25) is 5.91 Å². The highest BCUT2D eigenvalue weighted by Crippen LogP contribution is 2.45. The molecule has 0 bridgehead atoms. The zero-order valence-corrected chi connectivity index (χ0v) is 14.9. The molecule has 0 aromatic carbocycles. The normalized spacial score (nSPS) is 25.5. The van der Waals surface area contributed by atoms with Crippen LogP contribution < -0.4 is 5.73 Å². The van der Waals surface area contributed by atoms with Gasteiger partial charge in [0.15, 0.2) is 0 Å². The lowest BCUT2D eigenvalue weighted by Crippen LogP contribution is -2.44. The second-order valence-electron chi connectivity index (χ2n) is 8.11. The average Bonchev–Trinajstić information content (AvgIpc) is 3.41. The summed E-state index contributed by atoms with van der Waals surface area (Å²) in [6.45, 7) is 2.75. The number of nitrogens with zero attached hydrogens (tertiary/aromatic N) is 3. The van der Waals surface area contributed by atoms with E-state index in [1.165, 1.54) is 0 Å². The van der Waals surface area contributed by atoms with Crippen molar-refractivity contribution < 1.29 is 14.7 Å². The fraction of sp³-hybridized carbons (Fsp3) is 0.632. The molecule has 7 nitrogen and oxygen atoms in total. The van der Waals surface area contributed by atoms with E-state index in [0.29, 0.717) is 24.7 Å². The lowest BCUT2D eigenvalue weighted by molar-refractivity contribution is -0.142. The number of aromatic nitrogens is 1. The molecule has 3 heterocycles. The van der Waals surface area contributed by atoms with E-state index in [1.807, 2.05) is 21.9 Å². The van der Waals surface area contributed by atoms with Gasteiger partial charge in [0.05, 0.1) is 0 Å². The van der Waals surface area contributed by atoms with Gasteiger partial charge in [-0.25, -0.2) is 4.98 Å². The molecule has 3 N–H and O–H groups in total. The Bertz CT molecular complexity index is 710. The van der Waals surface area contributed by atoms with E-state index in [1.54, 1.807) is 6.20 Å². The van der Waals surface area contributed by atoms with Crippen LogP contribution in [0.15, 0.2) is 18.3 Å². The van der Waals surface area contributed by atoms with Crippen molar-refractivity contribution in [3.63, 3.8) is 0 Å². The molecule has 1 atom stereocenters. The lowest BCUT2D eigenvalue weighted by atomic mass is 9.76. The Morgan fingerprint density at radius 1 is 1.31 bits per heavy atom. The van der Waals surface area contributed by atoms with Gasteiger partial charge in [-0.3, -0.25) is 14.5 Å². The fourth-order valence-corrected chi connectivity index (χ4v) is 4.51. The highest BCUT2D eigenvalue weighted by atomic mass is 16.4. The maximum Gasteiger partial charge on any atom is 0.320 e. The number of pyridine rings is 1. The number of hydrogen-bond acceptors (Lipinski definition) is 5. The van der Waals surface area contributed by atoms with Crippen LogP contribution in [-0.4, -0.2) is 57.4 Å². The number of carboxylic acids is 1. The molecule has 2 aliphatic heterocycles. The first-order valence-electron chi connectivity index (χ1n) is 9.42. The molecule has 1 aromatic rings. The number of piperidine rings is 1. The van der Waals surface area contributed by atoms with Crippen molar-refractivity contribution in [2.45, 2.75) is 44.7 Å². The predicted molar refractivity (Wildman–Crippen MR) is 96.1 cm³/mol. The second-order valence-corrected chi connectivity index (χ2v) is 8.11. The van der Waals surface area contributed by atoms with Gasteiger partial charge in [-0.15, -0.1) is 0 Å². The molecule has 26 heavy (non-hydrogen) atoms. The summed E-state index contributed by atoms with van der Waals surface area (Å²) in [4.78, 5) is 32.2. The van der Waals surface area contributed by atoms with Crippen molar-refractivity contribution in [3.8, 4) is 0 Å². The monoisotopic (exact) mass is 358 g/mol. The Labute approximate surface area is 153 Å². The summed E-state index contributed by atoms with van der Waals surface area (Å²) in [5, 5.41) is 9.71. The number of amides is 1. The molecule has 1 aromatic heterocycles. The standard InChI is InChI=1S/C19H26N4O3/c20-16-14(2-1-7-21-16)11-23-12-19(10-15(23)18(25)26)5-8-22(9-6-19)17(24)13-3-4-13/h1-2,7,13,15H,3-6,8-12H2,(H2,20,21)(H,25,26). The Morgan fingerprint density at radius 3 is 2.65 bits per heavy atom. The van der Waals surface area contributed by atoms with Crippen LogP contribution in [0.1, 0.15) is 37.7 Å². The summed E-state index contributed by atoms with van der Waals surface area (Å²) in [7, 11) is 0. The fourth-order valence-electron chi connectivity index (χ4n) is 4.51. The molecule has 1 amide bonds. The van der Waals surface area contributed by atoms with Crippen LogP contribution in [-0.2, 0) is 16.1 Å². The number of carboxylic acid groups (broad SMARTS) is 1. The Hall–Kier alpha value is -2.15. The first kappa shape index (κ1) is 17.3. The third-order valence-corrected chi connectivity index (χ3v) is 6.25. The van der Waals surface area contributed by atoms with Gasteiger partial charge in [0.25, 0.3) is 0 Å². The average molecular weight is 358 g/mol. The van der Waals surface area contributed by atoms with E-state index in [0.717, 1.165) is 50.9 Å². The highest BCUT2D eigenvalue weighted by Gasteiger charge is 2.49. The number of likely N-dealkylation sites (tertiary alicyclic amines) is 2.